The molecule has 138 valence electrons. The molecule has 0 saturated carbocycles. The summed E-state index contributed by atoms with van der Waals surface area (Å²) in [5.41, 5.74) is 1.40. The third-order valence-electron chi connectivity index (χ3n) is 4.75. The minimum absolute atomic E-state index is 0.00889. The largest absolute Gasteiger partial charge is 0.437 e. The van der Waals surface area contributed by atoms with Crippen molar-refractivity contribution in [1.82, 2.24) is 4.98 Å². The fourth-order valence-corrected chi connectivity index (χ4v) is 3.49. The Bertz CT molecular complexity index is 1440. The fraction of sp³-hybridized carbons (Fsp3) is 0.333. The van der Waals surface area contributed by atoms with Crippen LogP contribution in [0.25, 0.3) is 33.3 Å². The zero-order valence-electron chi connectivity index (χ0n) is 23.8. The summed E-state index contributed by atoms with van der Waals surface area (Å²) < 4.78 is 72.9. The Balaban J connectivity index is 1.97. The molecule has 0 saturated heterocycles. The number of aryl methyl sites for hydroxylation is 3. The predicted octanol–water partition coefficient (Wildman–Crippen LogP) is 5.68. The van der Waals surface area contributed by atoms with Crippen molar-refractivity contribution in [2.75, 3.05) is 0 Å². The van der Waals surface area contributed by atoms with Crippen LogP contribution in [0.4, 0.5) is 0 Å². The molecule has 0 aliphatic carbocycles. The first-order chi connectivity index (χ1) is 16.0. The quantitative estimate of drug-likeness (QED) is 0.427. The number of fused-ring (bicyclic) bond motifs is 3. The molecule has 4 rings (SSSR count). The maximum absolute atomic E-state index is 8.80. The van der Waals surface area contributed by atoms with Crippen LogP contribution in [0.15, 0.2) is 47.1 Å². The van der Waals surface area contributed by atoms with E-state index < -0.39 is 25.5 Å². The number of pyridine rings is 2. The molecule has 0 N–H and O–H groups in total. The number of hydrogen-bond donors (Lipinski definition) is 0. The lowest BCUT2D eigenvalue weighted by Gasteiger charge is -2.19. The van der Waals surface area contributed by atoms with Crippen LogP contribution < -0.4 is 4.57 Å². The molecule has 0 bridgehead atoms. The van der Waals surface area contributed by atoms with Gasteiger partial charge in [0.25, 0.3) is 0 Å². The predicted molar refractivity (Wildman–Crippen MR) is 111 cm³/mol. The van der Waals surface area contributed by atoms with Crippen LogP contribution in [-0.2, 0) is 13.4 Å². The number of furan rings is 1. The molecule has 0 aliphatic heterocycles. The van der Waals surface area contributed by atoms with Gasteiger partial charge in [-0.1, -0.05) is 32.8 Å². The minimum Gasteiger partial charge on any atom is -0.437 e. The second kappa shape index (κ2) is 6.19. The maximum atomic E-state index is 8.80. The summed E-state index contributed by atoms with van der Waals surface area (Å²) in [4.78, 5) is 4.31. The highest BCUT2D eigenvalue weighted by Gasteiger charge is 2.23. The number of aromatic nitrogens is 2. The van der Waals surface area contributed by atoms with Gasteiger partial charge in [-0.3, -0.25) is 0 Å². The van der Waals surface area contributed by atoms with Crippen LogP contribution in [0.3, 0.4) is 0 Å². The summed E-state index contributed by atoms with van der Waals surface area (Å²) in [6, 6.07) is 9.46. The third-order valence-corrected chi connectivity index (χ3v) is 4.75. The zero-order valence-corrected chi connectivity index (χ0v) is 15.8. The summed E-state index contributed by atoms with van der Waals surface area (Å²) in [7, 11) is 1.72. The monoisotopic (exact) mass is 367 g/mol. The van der Waals surface area contributed by atoms with Gasteiger partial charge in [-0.2, -0.15) is 0 Å². The summed E-state index contributed by atoms with van der Waals surface area (Å²) in [6.07, 6.45) is 0.457. The molecule has 0 unspecified atom stereocenters. The van der Waals surface area contributed by atoms with Crippen molar-refractivity contribution in [2.24, 2.45) is 12.5 Å². The Hall–Kier alpha value is -2.68. The van der Waals surface area contributed by atoms with Gasteiger partial charge in [0.1, 0.15) is 7.05 Å². The highest BCUT2D eigenvalue weighted by Crippen LogP contribution is 2.36. The smallest absolute Gasteiger partial charge is 0.227 e. The zero-order chi connectivity index (χ0) is 26.1. The van der Waals surface area contributed by atoms with E-state index in [0.29, 0.717) is 22.6 Å². The van der Waals surface area contributed by atoms with Crippen LogP contribution in [0.1, 0.15) is 48.3 Å². The van der Waals surface area contributed by atoms with Crippen molar-refractivity contribution < 1.29 is 20.0 Å². The van der Waals surface area contributed by atoms with Crippen molar-refractivity contribution in [3.8, 4) is 11.3 Å². The Morgan fingerprint density at radius 2 is 2.00 bits per heavy atom. The molecule has 3 aromatic heterocycles. The molecule has 0 atom stereocenters. The summed E-state index contributed by atoms with van der Waals surface area (Å²) in [5.74, 6) is 0. The molecule has 1 aromatic carbocycles. The van der Waals surface area contributed by atoms with E-state index in [1.807, 2.05) is 31.2 Å². The van der Waals surface area contributed by atoms with Crippen molar-refractivity contribution in [1.29, 1.82) is 0 Å². The maximum Gasteiger partial charge on any atom is 0.227 e. The molecule has 0 aliphatic rings. The van der Waals surface area contributed by atoms with E-state index in [1.54, 1.807) is 30.8 Å². The molecule has 0 fully saturated rings. The van der Waals surface area contributed by atoms with E-state index in [2.05, 4.69) is 4.98 Å². The first-order valence-electron chi connectivity index (χ1n) is 12.8. The lowest BCUT2D eigenvalue weighted by Crippen LogP contribution is -2.32. The van der Waals surface area contributed by atoms with Crippen molar-refractivity contribution >= 4 is 22.1 Å². The summed E-state index contributed by atoms with van der Waals surface area (Å²) >= 11 is 0. The average molecular weight is 368 g/mol. The van der Waals surface area contributed by atoms with E-state index in [1.165, 1.54) is 6.20 Å². The highest BCUT2D eigenvalue weighted by molar-refractivity contribution is 6.08. The average Bonchev–Trinajstić information content (AvgIpc) is 3.11. The molecule has 0 radical (unpaired) electrons. The molecule has 0 amide bonds. The summed E-state index contributed by atoms with van der Waals surface area (Å²) in [5, 5.41) is 1.77. The van der Waals surface area contributed by atoms with Crippen molar-refractivity contribution in [2.45, 2.75) is 40.8 Å². The van der Waals surface area contributed by atoms with Gasteiger partial charge in [-0.15, -0.1) is 0 Å². The van der Waals surface area contributed by atoms with Crippen molar-refractivity contribution in [3.63, 3.8) is 0 Å². The van der Waals surface area contributed by atoms with Crippen LogP contribution in [0.2, 0.25) is 0 Å². The molecular formula is C24H27N2O+. The van der Waals surface area contributed by atoms with E-state index in [4.69, 9.17) is 15.4 Å². The summed E-state index contributed by atoms with van der Waals surface area (Å²) in [6.45, 7) is -1.57. The molecular weight excluding hydrogens is 332 g/mol. The topological polar surface area (TPSA) is 29.9 Å². The fourth-order valence-electron chi connectivity index (χ4n) is 3.49. The Morgan fingerprint density at radius 3 is 2.78 bits per heavy atom. The van der Waals surface area contributed by atoms with Crippen LogP contribution >= 0.6 is 0 Å². The molecule has 3 nitrogen and oxygen atoms in total. The SMILES string of the molecule is [2H]C([2H])([2H])C(C)(C([2H])([2H])[2H])C([2H])([2H])c1c[n+](C)c(-c2c(C)ccc3c2oc2ncccc23)cc1C. The van der Waals surface area contributed by atoms with Crippen LogP contribution in [0.5, 0.6) is 0 Å². The molecule has 0 spiro atoms. The van der Waals surface area contributed by atoms with Crippen molar-refractivity contribution in [3.05, 3.63) is 59.4 Å². The normalized spacial score (nSPS) is 18.1. The Morgan fingerprint density at radius 1 is 1.19 bits per heavy atom. The standard InChI is InChI=1S/C24H27N2O/c1-15-9-10-18-19-8-7-11-25-23(19)27-22(18)21(15)20-12-16(2)17(14-26(20)6)13-24(3,4)5/h7-12,14H,13H2,1-6H3/q+1/i3D3,4D3,13D2. The Kier molecular flexibility index (Phi) is 2.43. The molecule has 27 heavy (non-hydrogen) atoms. The second-order valence-electron chi connectivity index (χ2n) is 7.21. The first kappa shape index (κ1) is 10.6. The second-order valence-corrected chi connectivity index (χ2v) is 7.21. The van der Waals surface area contributed by atoms with Gasteiger partial charge in [0.2, 0.25) is 11.4 Å². The third kappa shape index (κ3) is 3.12. The molecule has 3 heteroatoms. The van der Waals surface area contributed by atoms with Gasteiger partial charge in [-0.05, 0) is 48.9 Å². The van der Waals surface area contributed by atoms with E-state index in [-0.39, 0.29) is 5.56 Å². The highest BCUT2D eigenvalue weighted by atomic mass is 16.3. The van der Waals surface area contributed by atoms with Gasteiger partial charge in [-0.25, -0.2) is 9.55 Å². The first-order valence-corrected chi connectivity index (χ1v) is 8.80. The van der Waals surface area contributed by atoms with Gasteiger partial charge >= 0.3 is 0 Å². The lowest BCUT2D eigenvalue weighted by atomic mass is 9.86. The number of nitrogens with zero attached hydrogens (tertiary/aromatic N) is 2. The number of benzene rings is 1. The number of hydrogen-bond acceptors (Lipinski definition) is 2. The van der Waals surface area contributed by atoms with E-state index >= 15 is 0 Å². The van der Waals surface area contributed by atoms with Crippen LogP contribution in [-0.4, -0.2) is 4.98 Å². The van der Waals surface area contributed by atoms with Crippen LogP contribution in [0, 0.1) is 19.3 Å². The lowest BCUT2D eigenvalue weighted by molar-refractivity contribution is -0.660. The minimum atomic E-state index is -3.07. The Labute approximate surface area is 171 Å². The van der Waals surface area contributed by atoms with Gasteiger partial charge in [0.15, 0.2) is 11.8 Å². The number of rotatable bonds is 2. The molecule has 4 aromatic rings. The van der Waals surface area contributed by atoms with Gasteiger partial charge in [0, 0.05) is 39.6 Å². The van der Waals surface area contributed by atoms with Gasteiger partial charge < -0.3 is 4.42 Å². The van der Waals surface area contributed by atoms with Gasteiger partial charge in [0.05, 0.1) is 5.56 Å². The van der Waals surface area contributed by atoms with E-state index in [0.717, 1.165) is 28.8 Å². The van der Waals surface area contributed by atoms with E-state index in [9.17, 15) is 0 Å². The molecule has 3 heterocycles.